The zero-order valence-electron chi connectivity index (χ0n) is 12.7. The second-order valence-electron chi connectivity index (χ2n) is 5.92. The molecule has 3 N–H and O–H groups in total. The Morgan fingerprint density at radius 2 is 2.04 bits per heavy atom. The van der Waals surface area contributed by atoms with Crippen LogP contribution in [0.4, 0.5) is 10.5 Å². The molecule has 0 spiro atoms. The van der Waals surface area contributed by atoms with Gasteiger partial charge >= 0.3 is 6.03 Å². The van der Waals surface area contributed by atoms with Crippen LogP contribution in [0, 0.1) is 0 Å². The van der Waals surface area contributed by atoms with Gasteiger partial charge in [0.2, 0.25) is 5.91 Å². The van der Waals surface area contributed by atoms with Gasteiger partial charge in [0.1, 0.15) is 0 Å². The molecule has 0 bridgehead atoms. The van der Waals surface area contributed by atoms with Crippen molar-refractivity contribution in [2.24, 2.45) is 0 Å². The number of carbonyl (C=O) groups excluding carboxylic acids is 2. The second-order valence-corrected chi connectivity index (χ2v) is 8.11. The molecule has 3 atom stereocenters. The van der Waals surface area contributed by atoms with Crippen LogP contribution in [0.15, 0.2) is 28.7 Å². The van der Waals surface area contributed by atoms with Crippen molar-refractivity contribution in [1.82, 2.24) is 10.6 Å². The molecule has 2 saturated heterocycles. The molecular formula is C16H20BrN3O2S. The van der Waals surface area contributed by atoms with Crippen LogP contribution in [0.3, 0.4) is 0 Å². The van der Waals surface area contributed by atoms with E-state index in [0.29, 0.717) is 11.7 Å². The van der Waals surface area contributed by atoms with Crippen LogP contribution in [-0.2, 0) is 4.79 Å². The molecule has 0 aromatic heterocycles. The van der Waals surface area contributed by atoms with Crippen LogP contribution < -0.4 is 16.0 Å². The number of unbranched alkanes of at least 4 members (excludes halogenated alkanes) is 1. The highest BCUT2D eigenvalue weighted by molar-refractivity contribution is 9.10. The Morgan fingerprint density at radius 3 is 2.83 bits per heavy atom. The Bertz CT molecular complexity index is 581. The summed E-state index contributed by atoms with van der Waals surface area (Å²) in [5.74, 6) is 1.04. The fourth-order valence-corrected chi connectivity index (χ4v) is 4.84. The van der Waals surface area contributed by atoms with Gasteiger partial charge in [-0.05, 0) is 37.1 Å². The highest BCUT2D eigenvalue weighted by atomic mass is 79.9. The fraction of sp³-hybridized carbons (Fsp3) is 0.500. The van der Waals surface area contributed by atoms with E-state index in [1.54, 1.807) is 0 Å². The molecule has 2 fully saturated rings. The van der Waals surface area contributed by atoms with Crippen LogP contribution >= 0.6 is 27.7 Å². The standard InChI is InChI=1S/C16H20BrN3O2S/c17-10-5-7-11(8-6-10)18-14(21)4-2-1-3-13-15-12(9-23-13)19-16(22)20-15/h5-8,12-13,15H,1-4,9H2,(H,18,21)(H2,19,20,22)/t12-,13?,15-/m1/s1. The van der Waals surface area contributed by atoms with Crippen molar-refractivity contribution in [1.29, 1.82) is 0 Å². The third kappa shape index (κ3) is 4.41. The minimum Gasteiger partial charge on any atom is -0.332 e. The Labute approximate surface area is 148 Å². The molecule has 124 valence electrons. The summed E-state index contributed by atoms with van der Waals surface area (Å²) in [5.41, 5.74) is 0.826. The fourth-order valence-electron chi connectivity index (χ4n) is 3.03. The van der Waals surface area contributed by atoms with E-state index in [4.69, 9.17) is 0 Å². The quantitative estimate of drug-likeness (QED) is 0.510. The number of thioether (sulfide) groups is 1. The van der Waals surface area contributed by atoms with E-state index in [1.807, 2.05) is 36.0 Å². The number of fused-ring (bicyclic) bond motifs is 1. The monoisotopic (exact) mass is 397 g/mol. The number of rotatable bonds is 6. The van der Waals surface area contributed by atoms with E-state index in [2.05, 4.69) is 31.9 Å². The number of halogens is 1. The lowest BCUT2D eigenvalue weighted by molar-refractivity contribution is -0.116. The molecular weight excluding hydrogens is 378 g/mol. The first-order valence-electron chi connectivity index (χ1n) is 7.86. The lowest BCUT2D eigenvalue weighted by atomic mass is 10.0. The van der Waals surface area contributed by atoms with Crippen LogP contribution in [-0.4, -0.2) is 35.0 Å². The number of amides is 3. The van der Waals surface area contributed by atoms with E-state index in [-0.39, 0.29) is 24.0 Å². The zero-order chi connectivity index (χ0) is 16.2. The summed E-state index contributed by atoms with van der Waals surface area (Å²) in [6.07, 6.45) is 3.45. The summed E-state index contributed by atoms with van der Waals surface area (Å²) < 4.78 is 0.997. The maximum atomic E-state index is 11.9. The van der Waals surface area contributed by atoms with Crippen molar-refractivity contribution < 1.29 is 9.59 Å². The molecule has 3 rings (SSSR count). The first kappa shape index (κ1) is 16.6. The van der Waals surface area contributed by atoms with Gasteiger partial charge in [0.25, 0.3) is 0 Å². The average molecular weight is 398 g/mol. The van der Waals surface area contributed by atoms with Crippen molar-refractivity contribution in [2.75, 3.05) is 11.1 Å². The normalized spacial score (nSPS) is 25.6. The predicted molar refractivity (Wildman–Crippen MR) is 96.7 cm³/mol. The smallest absolute Gasteiger partial charge is 0.315 e. The first-order chi connectivity index (χ1) is 11.1. The number of nitrogens with one attached hydrogen (secondary N) is 3. The van der Waals surface area contributed by atoms with Gasteiger partial charge in [-0.25, -0.2) is 4.79 Å². The number of benzene rings is 1. The molecule has 1 aromatic rings. The average Bonchev–Trinajstić information content (AvgIpc) is 3.06. The highest BCUT2D eigenvalue weighted by Crippen LogP contribution is 2.33. The number of hydrogen-bond acceptors (Lipinski definition) is 3. The molecule has 7 heteroatoms. The van der Waals surface area contributed by atoms with Gasteiger partial charge in [-0.3, -0.25) is 4.79 Å². The maximum Gasteiger partial charge on any atom is 0.315 e. The summed E-state index contributed by atoms with van der Waals surface area (Å²) in [6.45, 7) is 0. The maximum absolute atomic E-state index is 11.9. The van der Waals surface area contributed by atoms with Gasteiger partial charge in [-0.1, -0.05) is 22.4 Å². The largest absolute Gasteiger partial charge is 0.332 e. The van der Waals surface area contributed by atoms with E-state index < -0.39 is 0 Å². The number of urea groups is 1. The van der Waals surface area contributed by atoms with Crippen LogP contribution in [0.1, 0.15) is 25.7 Å². The summed E-state index contributed by atoms with van der Waals surface area (Å²) in [7, 11) is 0. The molecule has 0 saturated carbocycles. The highest BCUT2D eigenvalue weighted by Gasteiger charge is 2.42. The van der Waals surface area contributed by atoms with Crippen molar-refractivity contribution in [3.63, 3.8) is 0 Å². The number of carbonyl (C=O) groups is 2. The summed E-state index contributed by atoms with van der Waals surface area (Å²) in [5, 5.41) is 9.32. The lowest BCUT2D eigenvalue weighted by Crippen LogP contribution is -2.36. The van der Waals surface area contributed by atoms with Crippen LogP contribution in [0.25, 0.3) is 0 Å². The Hall–Kier alpha value is -1.21. The Morgan fingerprint density at radius 1 is 1.26 bits per heavy atom. The van der Waals surface area contributed by atoms with Crippen molar-refractivity contribution in [2.45, 2.75) is 43.0 Å². The summed E-state index contributed by atoms with van der Waals surface area (Å²) in [4.78, 5) is 23.3. The van der Waals surface area contributed by atoms with E-state index in [1.165, 1.54) is 0 Å². The topological polar surface area (TPSA) is 70.2 Å². The molecule has 23 heavy (non-hydrogen) atoms. The SMILES string of the molecule is O=C(CCCCC1SC[C@H]2NC(=O)N[C@@H]12)Nc1ccc(Br)cc1. The predicted octanol–water partition coefficient (Wildman–Crippen LogP) is 3.11. The van der Waals surface area contributed by atoms with E-state index in [9.17, 15) is 9.59 Å². The first-order valence-corrected chi connectivity index (χ1v) is 9.70. The minimum absolute atomic E-state index is 0.0424. The van der Waals surface area contributed by atoms with Gasteiger partial charge in [0.05, 0.1) is 12.1 Å². The van der Waals surface area contributed by atoms with Gasteiger partial charge in [0, 0.05) is 27.6 Å². The van der Waals surface area contributed by atoms with E-state index >= 15 is 0 Å². The van der Waals surface area contributed by atoms with Gasteiger partial charge in [-0.2, -0.15) is 11.8 Å². The third-order valence-corrected chi connectivity index (χ3v) is 6.25. The Kier molecular flexibility index (Phi) is 5.48. The third-order valence-electron chi connectivity index (χ3n) is 4.21. The molecule has 1 aromatic carbocycles. The van der Waals surface area contributed by atoms with Crippen LogP contribution in [0.2, 0.25) is 0 Å². The van der Waals surface area contributed by atoms with Gasteiger partial charge in [0.15, 0.2) is 0 Å². The molecule has 3 amide bonds. The van der Waals surface area contributed by atoms with E-state index in [0.717, 1.165) is 35.2 Å². The molecule has 0 aliphatic carbocycles. The van der Waals surface area contributed by atoms with Crippen LogP contribution in [0.5, 0.6) is 0 Å². The molecule has 0 radical (unpaired) electrons. The molecule has 2 aliphatic heterocycles. The number of hydrogen-bond donors (Lipinski definition) is 3. The van der Waals surface area contributed by atoms with Crippen molar-refractivity contribution in [3.05, 3.63) is 28.7 Å². The van der Waals surface area contributed by atoms with Crippen molar-refractivity contribution in [3.8, 4) is 0 Å². The molecule has 1 unspecified atom stereocenters. The Balaban J connectivity index is 1.34. The minimum atomic E-state index is -0.0424. The van der Waals surface area contributed by atoms with Crippen molar-refractivity contribution >= 4 is 45.3 Å². The molecule has 2 aliphatic rings. The zero-order valence-corrected chi connectivity index (χ0v) is 15.1. The molecule has 5 nitrogen and oxygen atoms in total. The second kappa shape index (κ2) is 7.57. The van der Waals surface area contributed by atoms with Gasteiger partial charge < -0.3 is 16.0 Å². The number of anilines is 1. The summed E-state index contributed by atoms with van der Waals surface area (Å²) >= 11 is 5.29. The lowest BCUT2D eigenvalue weighted by Gasteiger charge is -2.16. The van der Waals surface area contributed by atoms with Gasteiger partial charge in [-0.15, -0.1) is 0 Å². The summed E-state index contributed by atoms with van der Waals surface area (Å²) in [6, 6.07) is 8.07. The molecule has 2 heterocycles.